The highest BCUT2D eigenvalue weighted by Gasteiger charge is 2.20. The highest BCUT2D eigenvalue weighted by molar-refractivity contribution is 7.80. The zero-order chi connectivity index (χ0) is 18.6. The van der Waals surface area contributed by atoms with Gasteiger partial charge < -0.3 is 15.1 Å². The summed E-state index contributed by atoms with van der Waals surface area (Å²) in [6.07, 6.45) is 3.76. The Bertz CT molecular complexity index is 478. The summed E-state index contributed by atoms with van der Waals surface area (Å²) in [5.74, 6) is 2.53. The molecule has 0 aromatic heterocycles. The Kier molecular flexibility index (Phi) is 11.4. The van der Waals surface area contributed by atoms with Crippen molar-refractivity contribution in [3.63, 3.8) is 0 Å². The third kappa shape index (κ3) is 8.41. The predicted molar refractivity (Wildman–Crippen MR) is 121 cm³/mol. The number of halogens is 1. The van der Waals surface area contributed by atoms with E-state index in [2.05, 4.69) is 52.5 Å². The molecule has 0 aliphatic carbocycles. The van der Waals surface area contributed by atoms with E-state index in [1.54, 1.807) is 0 Å². The van der Waals surface area contributed by atoms with Crippen molar-refractivity contribution >= 4 is 36.9 Å². The molecule has 0 atom stereocenters. The van der Waals surface area contributed by atoms with Crippen LogP contribution in [0, 0.1) is 0 Å². The van der Waals surface area contributed by atoms with Gasteiger partial charge in [0, 0.05) is 42.7 Å². The van der Waals surface area contributed by atoms with Gasteiger partial charge in [-0.05, 0) is 69.1 Å². The van der Waals surface area contributed by atoms with Crippen molar-refractivity contribution in [3.05, 3.63) is 34.9 Å². The lowest BCUT2D eigenvalue weighted by atomic mass is 9.89. The van der Waals surface area contributed by atoms with Gasteiger partial charge in [-0.15, -0.1) is 0 Å². The van der Waals surface area contributed by atoms with Crippen LogP contribution in [0.15, 0.2) is 24.3 Å². The fourth-order valence-corrected chi connectivity index (χ4v) is 4.23. The number of thiol groups is 2. The van der Waals surface area contributed by atoms with Gasteiger partial charge in [-0.25, -0.2) is 0 Å². The quantitative estimate of drug-likeness (QED) is 0.357. The Labute approximate surface area is 175 Å². The van der Waals surface area contributed by atoms with Gasteiger partial charge in [-0.3, -0.25) is 0 Å². The highest BCUT2D eigenvalue weighted by Crippen LogP contribution is 2.28. The minimum Gasteiger partial charge on any atom is -0.315 e. The SMILES string of the molecule is SCCNCCN(CCS)CCCN1CCC(c2ccc(Cl)cc2)CC1. The summed E-state index contributed by atoms with van der Waals surface area (Å²) in [6.45, 7) is 9.01. The highest BCUT2D eigenvalue weighted by atomic mass is 35.5. The van der Waals surface area contributed by atoms with Crippen molar-refractivity contribution in [2.45, 2.75) is 25.2 Å². The molecule has 2 rings (SSSR count). The number of nitrogens with zero attached hydrogens (tertiary/aromatic N) is 2. The fourth-order valence-electron chi connectivity index (χ4n) is 3.66. The second kappa shape index (κ2) is 13.3. The molecule has 1 aliphatic heterocycles. The molecule has 0 bridgehead atoms. The van der Waals surface area contributed by atoms with Crippen LogP contribution in [0.4, 0.5) is 0 Å². The van der Waals surface area contributed by atoms with Crippen LogP contribution in [0.2, 0.25) is 5.02 Å². The van der Waals surface area contributed by atoms with Gasteiger partial charge in [0.05, 0.1) is 0 Å². The third-order valence-corrected chi connectivity index (χ3v) is 5.86. The van der Waals surface area contributed by atoms with Crippen LogP contribution in [0.5, 0.6) is 0 Å². The lowest BCUT2D eigenvalue weighted by Crippen LogP contribution is -2.38. The zero-order valence-corrected chi connectivity index (χ0v) is 18.3. The molecule has 26 heavy (non-hydrogen) atoms. The van der Waals surface area contributed by atoms with E-state index in [0.717, 1.165) is 42.7 Å². The molecule has 1 aromatic rings. The van der Waals surface area contributed by atoms with Crippen molar-refractivity contribution in [1.29, 1.82) is 0 Å². The monoisotopic (exact) mass is 415 g/mol. The molecule has 0 saturated carbocycles. The Morgan fingerprint density at radius 2 is 1.73 bits per heavy atom. The summed E-state index contributed by atoms with van der Waals surface area (Å²) in [5.41, 5.74) is 1.45. The number of hydrogen-bond donors (Lipinski definition) is 3. The minimum absolute atomic E-state index is 0.696. The normalized spacial score (nSPS) is 16.5. The second-order valence-electron chi connectivity index (χ2n) is 7.06. The van der Waals surface area contributed by atoms with Gasteiger partial charge >= 0.3 is 0 Å². The van der Waals surface area contributed by atoms with E-state index in [1.165, 1.54) is 51.0 Å². The summed E-state index contributed by atoms with van der Waals surface area (Å²) in [6, 6.07) is 8.42. The van der Waals surface area contributed by atoms with Crippen molar-refractivity contribution in [2.24, 2.45) is 0 Å². The smallest absolute Gasteiger partial charge is 0.0406 e. The van der Waals surface area contributed by atoms with Gasteiger partial charge in [-0.2, -0.15) is 25.3 Å². The lowest BCUT2D eigenvalue weighted by molar-refractivity contribution is 0.194. The van der Waals surface area contributed by atoms with Crippen LogP contribution in [-0.2, 0) is 0 Å². The third-order valence-electron chi connectivity index (χ3n) is 5.19. The number of benzene rings is 1. The molecular weight excluding hydrogens is 382 g/mol. The van der Waals surface area contributed by atoms with Crippen molar-refractivity contribution < 1.29 is 0 Å². The van der Waals surface area contributed by atoms with Gasteiger partial charge in [0.1, 0.15) is 0 Å². The van der Waals surface area contributed by atoms with Crippen LogP contribution < -0.4 is 5.32 Å². The molecule has 3 nitrogen and oxygen atoms in total. The first-order chi connectivity index (χ1) is 12.7. The largest absolute Gasteiger partial charge is 0.315 e. The lowest BCUT2D eigenvalue weighted by Gasteiger charge is -2.33. The van der Waals surface area contributed by atoms with Crippen LogP contribution >= 0.6 is 36.9 Å². The Balaban J connectivity index is 1.63. The van der Waals surface area contributed by atoms with Crippen molar-refractivity contribution in [1.82, 2.24) is 15.1 Å². The molecule has 0 spiro atoms. The van der Waals surface area contributed by atoms with E-state index in [0.29, 0.717) is 5.92 Å². The molecule has 1 aliphatic rings. The maximum Gasteiger partial charge on any atom is 0.0406 e. The average molecular weight is 416 g/mol. The summed E-state index contributed by atoms with van der Waals surface area (Å²) >= 11 is 14.6. The van der Waals surface area contributed by atoms with E-state index in [1.807, 2.05) is 12.1 Å². The Hall–Kier alpha value is 0.0900. The fraction of sp³-hybridized carbons (Fsp3) is 0.700. The maximum atomic E-state index is 6.00. The molecule has 0 unspecified atom stereocenters. The molecule has 0 amide bonds. The minimum atomic E-state index is 0.696. The second-order valence-corrected chi connectivity index (χ2v) is 8.39. The zero-order valence-electron chi connectivity index (χ0n) is 15.7. The first-order valence-corrected chi connectivity index (χ1v) is 11.5. The molecule has 1 fully saturated rings. The van der Waals surface area contributed by atoms with E-state index >= 15 is 0 Å². The first-order valence-electron chi connectivity index (χ1n) is 9.85. The molecular formula is C20H34ClN3S2. The van der Waals surface area contributed by atoms with Crippen LogP contribution in [0.25, 0.3) is 0 Å². The summed E-state index contributed by atoms with van der Waals surface area (Å²) in [4.78, 5) is 5.16. The maximum absolute atomic E-state index is 6.00. The first kappa shape index (κ1) is 22.4. The molecule has 148 valence electrons. The van der Waals surface area contributed by atoms with E-state index in [9.17, 15) is 0 Å². The van der Waals surface area contributed by atoms with E-state index in [4.69, 9.17) is 11.6 Å². The molecule has 1 aromatic carbocycles. The number of nitrogens with one attached hydrogen (secondary N) is 1. The van der Waals surface area contributed by atoms with Gasteiger partial charge in [0.15, 0.2) is 0 Å². The van der Waals surface area contributed by atoms with Crippen LogP contribution in [0.3, 0.4) is 0 Å². The number of rotatable bonds is 12. The molecule has 1 heterocycles. The van der Waals surface area contributed by atoms with Gasteiger partial charge in [0.2, 0.25) is 0 Å². The topological polar surface area (TPSA) is 18.5 Å². The molecule has 6 heteroatoms. The van der Waals surface area contributed by atoms with Crippen LogP contribution in [-0.4, -0.2) is 73.7 Å². The van der Waals surface area contributed by atoms with Crippen LogP contribution in [0.1, 0.15) is 30.7 Å². The van der Waals surface area contributed by atoms with E-state index < -0.39 is 0 Å². The molecule has 0 radical (unpaired) electrons. The van der Waals surface area contributed by atoms with Gasteiger partial charge in [0.25, 0.3) is 0 Å². The van der Waals surface area contributed by atoms with Crippen molar-refractivity contribution in [2.75, 3.05) is 63.9 Å². The van der Waals surface area contributed by atoms with Crippen molar-refractivity contribution in [3.8, 4) is 0 Å². The average Bonchev–Trinajstić information content (AvgIpc) is 2.66. The summed E-state index contributed by atoms with van der Waals surface area (Å²) < 4.78 is 0. The molecule has 1 saturated heterocycles. The number of likely N-dealkylation sites (tertiary alicyclic amines) is 1. The number of hydrogen-bond acceptors (Lipinski definition) is 5. The molecule has 1 N–H and O–H groups in total. The Morgan fingerprint density at radius 3 is 2.38 bits per heavy atom. The predicted octanol–water partition coefficient (Wildman–Crippen LogP) is 3.66. The van der Waals surface area contributed by atoms with E-state index in [-0.39, 0.29) is 0 Å². The van der Waals surface area contributed by atoms with Gasteiger partial charge in [-0.1, -0.05) is 23.7 Å². The number of piperidine rings is 1. The summed E-state index contributed by atoms with van der Waals surface area (Å²) in [7, 11) is 0. The summed E-state index contributed by atoms with van der Waals surface area (Å²) in [5, 5.41) is 4.26. The Morgan fingerprint density at radius 1 is 1.00 bits per heavy atom. The standard InChI is InChI=1S/C20H34ClN3S2/c21-20-4-2-18(3-5-20)19-6-12-23(13-7-19)10-1-11-24(15-17-26)14-8-22-9-16-25/h2-5,19,22,25-26H,1,6-17H2.